The molecule has 4 heteroatoms. The highest BCUT2D eigenvalue weighted by Gasteiger charge is 2.42. The first-order valence-corrected chi connectivity index (χ1v) is 12.7. The fourth-order valence-corrected chi connectivity index (χ4v) is 8.31. The van der Waals surface area contributed by atoms with Crippen LogP contribution in [0.4, 0.5) is 0 Å². The molecule has 0 radical (unpaired) electrons. The number of hydrogen-bond donors (Lipinski definition) is 1. The van der Waals surface area contributed by atoms with E-state index in [1.807, 2.05) is 72.8 Å². The van der Waals surface area contributed by atoms with Crippen molar-refractivity contribution in [3.8, 4) is 0 Å². The van der Waals surface area contributed by atoms with Gasteiger partial charge in [0, 0.05) is 16.7 Å². The maximum absolute atomic E-state index is 15.0. The van der Waals surface area contributed by atoms with Crippen LogP contribution in [0.25, 0.3) is 0 Å². The third kappa shape index (κ3) is 4.33. The standard InChI is InChI=1S/C26H32NO2P/c1-20-17-21(19-26(2,3)18-20)27-25(24-15-10-16-29-24)30(28,22-11-6-4-7-12-22)23-13-8-5-9-14-23/h4-16,20-21,25,27H,17-19H2,1-3H3/t20-,21-,25-/m1/s1. The fraction of sp³-hybridized carbons (Fsp3) is 0.385. The van der Waals surface area contributed by atoms with Crippen molar-refractivity contribution in [3.05, 3.63) is 84.8 Å². The number of benzene rings is 2. The molecule has 1 aliphatic rings. The molecule has 4 rings (SSSR count). The molecule has 0 aliphatic heterocycles. The first kappa shape index (κ1) is 21.2. The molecule has 0 spiro atoms. The van der Waals surface area contributed by atoms with Crippen LogP contribution in [-0.2, 0) is 4.57 Å². The normalized spacial score (nSPS) is 22.5. The van der Waals surface area contributed by atoms with Crippen molar-refractivity contribution in [3.63, 3.8) is 0 Å². The van der Waals surface area contributed by atoms with Gasteiger partial charge >= 0.3 is 0 Å². The predicted molar refractivity (Wildman–Crippen MR) is 125 cm³/mol. The Balaban J connectivity index is 1.81. The molecule has 3 nitrogen and oxygen atoms in total. The van der Waals surface area contributed by atoms with Gasteiger partial charge in [-0.2, -0.15) is 0 Å². The minimum Gasteiger partial charge on any atom is -0.467 e. The lowest BCUT2D eigenvalue weighted by Crippen LogP contribution is -2.43. The lowest BCUT2D eigenvalue weighted by atomic mass is 9.70. The van der Waals surface area contributed by atoms with Crippen LogP contribution in [0.5, 0.6) is 0 Å². The Morgan fingerprint density at radius 1 is 0.933 bits per heavy atom. The zero-order valence-corrected chi connectivity index (χ0v) is 19.0. The lowest BCUT2D eigenvalue weighted by molar-refractivity contribution is 0.148. The van der Waals surface area contributed by atoms with Gasteiger partial charge in [0.2, 0.25) is 0 Å². The summed E-state index contributed by atoms with van der Waals surface area (Å²) in [6, 6.07) is 23.9. The van der Waals surface area contributed by atoms with Gasteiger partial charge in [0.15, 0.2) is 7.14 Å². The topological polar surface area (TPSA) is 42.2 Å². The van der Waals surface area contributed by atoms with Gasteiger partial charge in [-0.15, -0.1) is 0 Å². The third-order valence-corrected chi connectivity index (χ3v) is 9.50. The van der Waals surface area contributed by atoms with Crippen LogP contribution in [-0.4, -0.2) is 6.04 Å². The largest absolute Gasteiger partial charge is 0.467 e. The van der Waals surface area contributed by atoms with Crippen LogP contribution < -0.4 is 15.9 Å². The van der Waals surface area contributed by atoms with Gasteiger partial charge in [-0.25, -0.2) is 0 Å². The van der Waals surface area contributed by atoms with E-state index in [0.29, 0.717) is 12.0 Å². The molecular formula is C26H32NO2P. The van der Waals surface area contributed by atoms with E-state index in [9.17, 15) is 0 Å². The predicted octanol–water partition coefficient (Wildman–Crippen LogP) is 6.10. The summed E-state index contributed by atoms with van der Waals surface area (Å²) in [5.41, 5.74) is 0.270. The maximum atomic E-state index is 15.0. The summed E-state index contributed by atoms with van der Waals surface area (Å²) in [5.74, 6) is 0.974. The maximum Gasteiger partial charge on any atom is 0.166 e. The molecule has 1 fully saturated rings. The molecule has 2 aromatic carbocycles. The molecule has 30 heavy (non-hydrogen) atoms. The molecular weight excluding hydrogens is 389 g/mol. The molecule has 3 atom stereocenters. The zero-order chi connectivity index (χ0) is 21.2. The van der Waals surface area contributed by atoms with E-state index >= 15 is 4.57 Å². The van der Waals surface area contributed by atoms with Crippen molar-refractivity contribution < 1.29 is 8.98 Å². The van der Waals surface area contributed by atoms with Crippen LogP contribution >= 0.6 is 7.14 Å². The molecule has 0 saturated heterocycles. The van der Waals surface area contributed by atoms with Crippen LogP contribution in [0.3, 0.4) is 0 Å². The van der Waals surface area contributed by atoms with E-state index in [1.165, 1.54) is 6.42 Å². The Labute approximate surface area is 180 Å². The number of nitrogens with one attached hydrogen (secondary N) is 1. The second-order valence-corrected chi connectivity index (χ2v) is 12.4. The Morgan fingerprint density at radius 3 is 2.03 bits per heavy atom. The summed E-state index contributed by atoms with van der Waals surface area (Å²) in [7, 11) is -3.06. The highest BCUT2D eigenvalue weighted by molar-refractivity contribution is 7.78. The Kier molecular flexibility index (Phi) is 6.04. The summed E-state index contributed by atoms with van der Waals surface area (Å²) in [6.07, 6.45) is 5.06. The van der Waals surface area contributed by atoms with Gasteiger partial charge in [-0.3, -0.25) is 5.32 Å². The van der Waals surface area contributed by atoms with Crippen molar-refractivity contribution in [1.82, 2.24) is 5.32 Å². The fourth-order valence-electron chi connectivity index (χ4n) is 5.26. The summed E-state index contributed by atoms with van der Waals surface area (Å²) in [6.45, 7) is 7.01. The highest BCUT2D eigenvalue weighted by Crippen LogP contribution is 2.56. The minimum atomic E-state index is -3.06. The van der Waals surface area contributed by atoms with Crippen LogP contribution in [0.15, 0.2) is 83.5 Å². The molecule has 0 amide bonds. The second kappa shape index (κ2) is 8.57. The SMILES string of the molecule is C[C@@H]1C[C@@H](N[C@@H](c2ccco2)P(=O)(c2ccccc2)c2ccccc2)CC(C)(C)C1. The molecule has 158 valence electrons. The van der Waals surface area contributed by atoms with Gasteiger partial charge in [0.1, 0.15) is 11.5 Å². The molecule has 1 N–H and O–H groups in total. The molecule has 1 heterocycles. The number of hydrogen-bond acceptors (Lipinski definition) is 3. The summed E-state index contributed by atoms with van der Waals surface area (Å²) < 4.78 is 20.9. The molecule has 0 unspecified atom stereocenters. The molecule has 1 saturated carbocycles. The molecule has 1 aromatic heterocycles. The summed E-state index contributed by atoms with van der Waals surface area (Å²) >= 11 is 0. The Hall–Kier alpha value is -2.09. The number of furan rings is 1. The van der Waals surface area contributed by atoms with Gasteiger partial charge in [-0.1, -0.05) is 81.4 Å². The first-order valence-electron chi connectivity index (χ1n) is 10.9. The van der Waals surface area contributed by atoms with Crippen molar-refractivity contribution in [1.29, 1.82) is 0 Å². The molecule has 3 aromatic rings. The lowest BCUT2D eigenvalue weighted by Gasteiger charge is -2.41. The van der Waals surface area contributed by atoms with Crippen molar-refractivity contribution in [2.75, 3.05) is 0 Å². The summed E-state index contributed by atoms with van der Waals surface area (Å²) in [4.78, 5) is 0. The highest BCUT2D eigenvalue weighted by atomic mass is 31.2. The molecule has 1 aliphatic carbocycles. The van der Waals surface area contributed by atoms with E-state index in [1.54, 1.807) is 6.26 Å². The van der Waals surface area contributed by atoms with Gasteiger partial charge < -0.3 is 8.98 Å². The van der Waals surface area contributed by atoms with Crippen molar-refractivity contribution in [2.24, 2.45) is 11.3 Å². The average Bonchev–Trinajstić information content (AvgIpc) is 3.26. The van der Waals surface area contributed by atoms with Crippen molar-refractivity contribution in [2.45, 2.75) is 51.9 Å². The monoisotopic (exact) mass is 421 g/mol. The van der Waals surface area contributed by atoms with E-state index < -0.39 is 12.9 Å². The summed E-state index contributed by atoms with van der Waals surface area (Å²) in [5, 5.41) is 5.53. The van der Waals surface area contributed by atoms with Gasteiger partial charge in [0.25, 0.3) is 0 Å². The van der Waals surface area contributed by atoms with Gasteiger partial charge in [0.05, 0.1) is 6.26 Å². The Morgan fingerprint density at radius 2 is 1.53 bits per heavy atom. The van der Waals surface area contributed by atoms with Crippen LogP contribution in [0, 0.1) is 11.3 Å². The van der Waals surface area contributed by atoms with Crippen LogP contribution in [0.1, 0.15) is 51.6 Å². The smallest absolute Gasteiger partial charge is 0.166 e. The first-order chi connectivity index (χ1) is 14.4. The zero-order valence-electron chi connectivity index (χ0n) is 18.1. The quantitative estimate of drug-likeness (QED) is 0.489. The van der Waals surface area contributed by atoms with E-state index in [4.69, 9.17) is 4.42 Å². The molecule has 0 bridgehead atoms. The van der Waals surface area contributed by atoms with E-state index in [-0.39, 0.29) is 5.41 Å². The van der Waals surface area contributed by atoms with Crippen molar-refractivity contribution >= 4 is 17.8 Å². The van der Waals surface area contributed by atoms with E-state index in [0.717, 1.165) is 29.2 Å². The second-order valence-electron chi connectivity index (χ2n) is 9.52. The van der Waals surface area contributed by atoms with Crippen LogP contribution in [0.2, 0.25) is 0 Å². The third-order valence-electron chi connectivity index (χ3n) is 6.24. The minimum absolute atomic E-state index is 0.270. The Bertz CT molecular complexity index is 939. The number of rotatable bonds is 6. The average molecular weight is 422 g/mol. The van der Waals surface area contributed by atoms with Gasteiger partial charge in [-0.05, 0) is 42.7 Å². The van der Waals surface area contributed by atoms with E-state index in [2.05, 4.69) is 26.1 Å².